The maximum Gasteiger partial charge on any atom is 0.169 e. The number of hydrogen-bond acceptors (Lipinski definition) is 6. The van der Waals surface area contributed by atoms with Crippen molar-refractivity contribution in [1.29, 1.82) is 0 Å². The van der Waals surface area contributed by atoms with E-state index in [1.54, 1.807) is 24.3 Å². The van der Waals surface area contributed by atoms with Gasteiger partial charge in [0.05, 0.1) is 9.79 Å². The molecule has 0 aliphatic rings. The zero-order chi connectivity index (χ0) is 37.4. The second-order valence-electron chi connectivity index (χ2n) is 12.5. The fraction of sp³-hybridized carbons (Fsp3) is 0.190. The standard InChI is InChI=1S/C28H30N2.2C7H8O3S/c1-3-9-25(10-4-1)23-27-13-19-29(20-14-27)17-7-8-18-30-21-15-28(16-22-30)24-26-11-5-2-6-12-26;2*1-6-2-4-7(5-3-6)11(8,9)10/h1-6,9-16,19-22H,7-8,17-18,23-24H2;2*2-5H,1H3,(H,8,9,10)/q+2;;/p-2. The molecule has 0 saturated heterocycles. The van der Waals surface area contributed by atoms with Gasteiger partial charge >= 0.3 is 0 Å². The largest absolute Gasteiger partial charge is 0.744 e. The molecule has 0 aliphatic carbocycles. The highest BCUT2D eigenvalue weighted by atomic mass is 32.2. The summed E-state index contributed by atoms with van der Waals surface area (Å²) in [5.41, 5.74) is 7.31. The molecule has 0 N–H and O–H groups in total. The summed E-state index contributed by atoms with van der Waals surface area (Å²) < 4.78 is 66.9. The Hall–Kier alpha value is -5.00. The van der Waals surface area contributed by atoms with Gasteiger partial charge in [-0.15, -0.1) is 0 Å². The first-order valence-electron chi connectivity index (χ1n) is 16.9. The monoisotopic (exact) mass is 736 g/mol. The molecule has 52 heavy (non-hydrogen) atoms. The normalized spacial score (nSPS) is 11.1. The van der Waals surface area contributed by atoms with Crippen LogP contribution in [0.25, 0.3) is 0 Å². The van der Waals surface area contributed by atoms with Gasteiger partial charge in [-0.05, 0) is 73.2 Å². The molecule has 0 radical (unpaired) electrons. The molecular weight excluding hydrogens is 693 g/mol. The minimum absolute atomic E-state index is 0.178. The lowest BCUT2D eigenvalue weighted by Crippen LogP contribution is -2.35. The Kier molecular flexibility index (Phi) is 15.0. The lowest BCUT2D eigenvalue weighted by atomic mass is 10.1. The molecule has 0 spiro atoms. The molecule has 10 heteroatoms. The molecule has 2 heterocycles. The van der Waals surface area contributed by atoms with Gasteiger partial charge in [0, 0.05) is 37.1 Å². The molecule has 6 rings (SSSR count). The summed E-state index contributed by atoms with van der Waals surface area (Å²) in [5.74, 6) is 0. The lowest BCUT2D eigenvalue weighted by molar-refractivity contribution is -0.708. The van der Waals surface area contributed by atoms with E-state index in [2.05, 4.69) is 119 Å². The van der Waals surface area contributed by atoms with Crippen LogP contribution in [0.2, 0.25) is 0 Å². The Morgan fingerprint density at radius 2 is 0.712 bits per heavy atom. The van der Waals surface area contributed by atoms with Crippen molar-refractivity contribution in [3.63, 3.8) is 0 Å². The van der Waals surface area contributed by atoms with E-state index in [1.807, 2.05) is 13.8 Å². The minimum Gasteiger partial charge on any atom is -0.744 e. The molecule has 0 atom stereocenters. The number of benzene rings is 4. The van der Waals surface area contributed by atoms with Crippen molar-refractivity contribution in [2.75, 3.05) is 0 Å². The van der Waals surface area contributed by atoms with Crippen LogP contribution < -0.4 is 9.13 Å². The van der Waals surface area contributed by atoms with Crippen molar-refractivity contribution in [2.45, 2.75) is 62.4 Å². The fourth-order valence-electron chi connectivity index (χ4n) is 5.17. The summed E-state index contributed by atoms with van der Waals surface area (Å²) in [6.45, 7) is 5.78. The molecule has 0 aliphatic heterocycles. The van der Waals surface area contributed by atoms with Gasteiger partial charge in [-0.2, -0.15) is 0 Å². The van der Waals surface area contributed by atoms with E-state index < -0.39 is 20.2 Å². The third-order valence-corrected chi connectivity index (χ3v) is 9.82. The quantitative estimate of drug-likeness (QED) is 0.0827. The maximum atomic E-state index is 10.4. The Labute approximate surface area is 308 Å². The first-order valence-corrected chi connectivity index (χ1v) is 19.8. The summed E-state index contributed by atoms with van der Waals surface area (Å²) in [7, 11) is -8.54. The molecule has 8 nitrogen and oxygen atoms in total. The Morgan fingerprint density at radius 1 is 0.423 bits per heavy atom. The Bertz CT molecular complexity index is 2000. The fourth-order valence-corrected chi connectivity index (χ4v) is 6.11. The predicted molar refractivity (Wildman–Crippen MR) is 199 cm³/mol. The highest BCUT2D eigenvalue weighted by Crippen LogP contribution is 2.11. The number of aromatic nitrogens is 2. The second-order valence-corrected chi connectivity index (χ2v) is 15.2. The van der Waals surface area contributed by atoms with Crippen LogP contribution in [-0.4, -0.2) is 25.9 Å². The van der Waals surface area contributed by atoms with Gasteiger partial charge in [0.1, 0.15) is 33.3 Å². The zero-order valence-electron chi connectivity index (χ0n) is 29.4. The molecule has 4 aromatic carbocycles. The lowest BCUT2D eigenvalue weighted by Gasteiger charge is -2.05. The summed E-state index contributed by atoms with van der Waals surface area (Å²) in [6.07, 6.45) is 13.2. The molecule has 0 fully saturated rings. The van der Waals surface area contributed by atoms with Gasteiger partial charge in [0.25, 0.3) is 0 Å². The van der Waals surface area contributed by atoms with Crippen molar-refractivity contribution >= 4 is 20.2 Å². The van der Waals surface area contributed by atoms with Crippen molar-refractivity contribution in [1.82, 2.24) is 0 Å². The molecule has 270 valence electrons. The van der Waals surface area contributed by atoms with Gasteiger partial charge in [-0.3, -0.25) is 0 Å². The number of nitrogens with zero attached hydrogens (tertiary/aromatic N) is 2. The number of aryl methyl sites for hydroxylation is 4. The van der Waals surface area contributed by atoms with Crippen LogP contribution in [0, 0.1) is 13.8 Å². The van der Waals surface area contributed by atoms with Crippen LogP contribution in [0.15, 0.2) is 168 Å². The van der Waals surface area contributed by atoms with Crippen molar-refractivity contribution in [3.8, 4) is 0 Å². The van der Waals surface area contributed by atoms with Crippen LogP contribution in [-0.2, 0) is 46.2 Å². The molecule has 2 aromatic heterocycles. The van der Waals surface area contributed by atoms with E-state index >= 15 is 0 Å². The molecule has 0 unspecified atom stereocenters. The van der Waals surface area contributed by atoms with Crippen molar-refractivity contribution in [3.05, 3.63) is 192 Å². The molecule has 0 bridgehead atoms. The van der Waals surface area contributed by atoms with E-state index in [-0.39, 0.29) is 9.79 Å². The molecular formula is C42H44N2O6S2. The first kappa shape index (κ1) is 39.8. The molecule has 0 amide bonds. The average molecular weight is 737 g/mol. The van der Waals surface area contributed by atoms with Crippen LogP contribution in [0.4, 0.5) is 0 Å². The van der Waals surface area contributed by atoms with Crippen LogP contribution >= 0.6 is 0 Å². The Balaban J connectivity index is 0.000000224. The van der Waals surface area contributed by atoms with Crippen LogP contribution in [0.3, 0.4) is 0 Å². The van der Waals surface area contributed by atoms with Gasteiger partial charge < -0.3 is 9.11 Å². The SMILES string of the molecule is Cc1ccc(S(=O)(=O)[O-])cc1.Cc1ccc(S(=O)(=O)[O-])cc1.c1ccc(Cc2cc[n+](CCCC[n+]3ccc(Cc4ccccc4)cc3)cc2)cc1. The van der Waals surface area contributed by atoms with Crippen LogP contribution in [0.5, 0.6) is 0 Å². The van der Waals surface area contributed by atoms with Gasteiger partial charge in [0.15, 0.2) is 24.8 Å². The van der Waals surface area contributed by atoms with Crippen molar-refractivity contribution < 1.29 is 35.1 Å². The number of pyridine rings is 2. The van der Waals surface area contributed by atoms with Gasteiger partial charge in [-0.25, -0.2) is 26.0 Å². The highest BCUT2D eigenvalue weighted by Gasteiger charge is 2.06. The summed E-state index contributed by atoms with van der Waals surface area (Å²) in [5, 5.41) is 0. The number of hydrogen-bond donors (Lipinski definition) is 0. The first-order chi connectivity index (χ1) is 24.8. The summed E-state index contributed by atoms with van der Waals surface area (Å²) in [4.78, 5) is -0.355. The third kappa shape index (κ3) is 14.3. The Morgan fingerprint density at radius 3 is 1.00 bits per heavy atom. The predicted octanol–water partition coefficient (Wildman–Crippen LogP) is 6.72. The van der Waals surface area contributed by atoms with E-state index in [0.717, 1.165) is 37.1 Å². The zero-order valence-corrected chi connectivity index (χ0v) is 31.0. The molecule has 0 saturated carbocycles. The highest BCUT2D eigenvalue weighted by molar-refractivity contribution is 7.86. The summed E-state index contributed by atoms with van der Waals surface area (Å²) in [6, 6.07) is 41.8. The van der Waals surface area contributed by atoms with Gasteiger partial charge in [-0.1, -0.05) is 96.1 Å². The van der Waals surface area contributed by atoms with E-state index in [9.17, 15) is 25.9 Å². The average Bonchev–Trinajstić information content (AvgIpc) is 3.13. The third-order valence-electron chi connectivity index (χ3n) is 8.12. The smallest absolute Gasteiger partial charge is 0.169 e. The van der Waals surface area contributed by atoms with E-state index in [4.69, 9.17) is 0 Å². The topological polar surface area (TPSA) is 122 Å². The molecule has 6 aromatic rings. The van der Waals surface area contributed by atoms with E-state index in [1.165, 1.54) is 59.4 Å². The maximum absolute atomic E-state index is 10.4. The van der Waals surface area contributed by atoms with Crippen molar-refractivity contribution in [2.24, 2.45) is 0 Å². The minimum atomic E-state index is -4.27. The number of rotatable bonds is 11. The summed E-state index contributed by atoms with van der Waals surface area (Å²) >= 11 is 0. The second kappa shape index (κ2) is 19.6. The van der Waals surface area contributed by atoms with E-state index in [0.29, 0.717) is 0 Å². The number of unbranched alkanes of at least 4 members (excludes halogenated alkanes) is 1. The van der Waals surface area contributed by atoms with Gasteiger partial charge in [0.2, 0.25) is 0 Å². The van der Waals surface area contributed by atoms with Crippen LogP contribution in [0.1, 0.15) is 46.2 Å².